The lowest BCUT2D eigenvalue weighted by Gasteiger charge is -2.32. The van der Waals surface area contributed by atoms with Crippen molar-refractivity contribution < 1.29 is 14.3 Å². The molecule has 1 unspecified atom stereocenters. The Hall–Kier alpha value is -2.83. The van der Waals surface area contributed by atoms with Gasteiger partial charge >= 0.3 is 0 Å². The number of H-pyrrole nitrogens is 1. The summed E-state index contributed by atoms with van der Waals surface area (Å²) in [5, 5.41) is 2.56. The summed E-state index contributed by atoms with van der Waals surface area (Å²) < 4.78 is 5.30. The summed E-state index contributed by atoms with van der Waals surface area (Å²) in [6, 6.07) is 7.79. The van der Waals surface area contributed by atoms with E-state index in [-0.39, 0.29) is 24.3 Å². The number of benzene rings is 1. The van der Waals surface area contributed by atoms with Gasteiger partial charge in [0.05, 0.1) is 37.9 Å². The Kier molecular flexibility index (Phi) is 4.50. The van der Waals surface area contributed by atoms with E-state index in [1.54, 1.807) is 18.3 Å². The van der Waals surface area contributed by atoms with Crippen molar-refractivity contribution >= 4 is 11.8 Å². The number of imidazole rings is 1. The molecule has 0 saturated carbocycles. The normalized spacial score (nSPS) is 16.4. The first-order valence-corrected chi connectivity index (χ1v) is 7.76. The fourth-order valence-corrected chi connectivity index (χ4v) is 2.94. The zero-order chi connectivity index (χ0) is 17.1. The number of hydrogen-bond donors (Lipinski definition) is 2. The van der Waals surface area contributed by atoms with Crippen LogP contribution < -0.4 is 10.1 Å². The quantitative estimate of drug-likeness (QED) is 0.877. The molecular weight excluding hydrogens is 308 g/mol. The molecule has 0 spiro atoms. The number of carbonyl (C=O) groups is 2. The third-order valence-corrected chi connectivity index (χ3v) is 4.17. The third-order valence-electron chi connectivity index (χ3n) is 4.17. The van der Waals surface area contributed by atoms with Gasteiger partial charge in [-0.3, -0.25) is 9.59 Å². The van der Waals surface area contributed by atoms with Crippen molar-refractivity contribution in [1.82, 2.24) is 20.2 Å². The van der Waals surface area contributed by atoms with Gasteiger partial charge in [-0.2, -0.15) is 0 Å². The van der Waals surface area contributed by atoms with Crippen LogP contribution in [0.2, 0.25) is 0 Å². The number of ether oxygens (including phenoxy) is 1. The first kappa shape index (κ1) is 16.0. The number of methoxy groups -OCH3 is 1. The van der Waals surface area contributed by atoms with Gasteiger partial charge in [-0.05, 0) is 17.7 Å². The number of rotatable bonds is 4. The lowest BCUT2D eigenvalue weighted by Crippen LogP contribution is -2.43. The first-order valence-electron chi connectivity index (χ1n) is 7.76. The first-order chi connectivity index (χ1) is 11.6. The summed E-state index contributed by atoms with van der Waals surface area (Å²) in [5.74, 6) is 0.410. The molecule has 1 aliphatic rings. The number of hydrogen-bond acceptors (Lipinski definition) is 4. The number of amides is 2. The molecule has 0 radical (unpaired) electrons. The van der Waals surface area contributed by atoms with Gasteiger partial charge in [0.15, 0.2) is 0 Å². The standard InChI is InChI=1S/C17H20N4O3/c1-11(22)18-7-16(23)21-8-14(17-15(9-21)19-10-20-17)12-4-3-5-13(6-12)24-2/h3-6,10,14H,7-9H2,1-2H3,(H,18,22)(H,19,20). The predicted molar refractivity (Wildman–Crippen MR) is 87.5 cm³/mol. The molecule has 24 heavy (non-hydrogen) atoms. The summed E-state index contributed by atoms with van der Waals surface area (Å²) in [6.07, 6.45) is 1.65. The van der Waals surface area contributed by atoms with Crippen LogP contribution in [-0.4, -0.2) is 46.9 Å². The van der Waals surface area contributed by atoms with Crippen molar-refractivity contribution in [1.29, 1.82) is 0 Å². The molecule has 7 heteroatoms. The molecule has 2 amide bonds. The Bertz CT molecular complexity index is 756. The summed E-state index contributed by atoms with van der Waals surface area (Å²) in [5.41, 5.74) is 2.91. The second kappa shape index (κ2) is 6.74. The Labute approximate surface area is 140 Å². The smallest absolute Gasteiger partial charge is 0.242 e. The topological polar surface area (TPSA) is 87.3 Å². The molecule has 3 rings (SSSR count). The molecule has 0 bridgehead atoms. The molecule has 2 N–H and O–H groups in total. The second-order valence-electron chi connectivity index (χ2n) is 5.78. The van der Waals surface area contributed by atoms with Gasteiger partial charge in [0, 0.05) is 19.4 Å². The van der Waals surface area contributed by atoms with Gasteiger partial charge in [0.1, 0.15) is 5.75 Å². The van der Waals surface area contributed by atoms with Crippen molar-refractivity contribution in [2.24, 2.45) is 0 Å². The van der Waals surface area contributed by atoms with Crippen LogP contribution in [0.1, 0.15) is 29.8 Å². The minimum atomic E-state index is -0.216. The van der Waals surface area contributed by atoms with E-state index in [1.165, 1.54) is 6.92 Å². The molecule has 0 aliphatic carbocycles. The van der Waals surface area contributed by atoms with Crippen LogP contribution >= 0.6 is 0 Å². The molecular formula is C17H20N4O3. The van der Waals surface area contributed by atoms with E-state index in [1.807, 2.05) is 24.3 Å². The molecule has 126 valence electrons. The highest BCUT2D eigenvalue weighted by atomic mass is 16.5. The van der Waals surface area contributed by atoms with Gasteiger partial charge in [0.2, 0.25) is 11.8 Å². The minimum Gasteiger partial charge on any atom is -0.497 e. The lowest BCUT2D eigenvalue weighted by atomic mass is 9.90. The van der Waals surface area contributed by atoms with Crippen LogP contribution in [0.15, 0.2) is 30.6 Å². The molecule has 2 aromatic rings. The van der Waals surface area contributed by atoms with E-state index < -0.39 is 0 Å². The van der Waals surface area contributed by atoms with Gasteiger partial charge in [-0.1, -0.05) is 12.1 Å². The van der Waals surface area contributed by atoms with Crippen molar-refractivity contribution in [3.05, 3.63) is 47.5 Å². The molecule has 1 atom stereocenters. The maximum absolute atomic E-state index is 12.4. The molecule has 7 nitrogen and oxygen atoms in total. The Morgan fingerprint density at radius 2 is 2.29 bits per heavy atom. The highest BCUT2D eigenvalue weighted by molar-refractivity contribution is 5.83. The molecule has 1 aromatic heterocycles. The third kappa shape index (κ3) is 3.24. The molecule has 0 fully saturated rings. The number of nitrogens with one attached hydrogen (secondary N) is 2. The Morgan fingerprint density at radius 3 is 3.04 bits per heavy atom. The number of nitrogens with zero attached hydrogens (tertiary/aromatic N) is 2. The van der Waals surface area contributed by atoms with Crippen LogP contribution in [0.3, 0.4) is 0 Å². The van der Waals surface area contributed by atoms with E-state index >= 15 is 0 Å². The maximum atomic E-state index is 12.4. The summed E-state index contributed by atoms with van der Waals surface area (Å²) in [7, 11) is 1.63. The van der Waals surface area contributed by atoms with E-state index in [9.17, 15) is 9.59 Å². The van der Waals surface area contributed by atoms with Crippen molar-refractivity contribution in [2.75, 3.05) is 20.2 Å². The second-order valence-corrected chi connectivity index (χ2v) is 5.78. The SMILES string of the molecule is COc1cccc(C2CN(C(=O)CNC(C)=O)Cc3[nH]cnc32)c1. The van der Waals surface area contributed by atoms with Crippen LogP contribution in [0, 0.1) is 0 Å². The highest BCUT2D eigenvalue weighted by Gasteiger charge is 2.31. The van der Waals surface area contributed by atoms with Gasteiger partial charge in [-0.25, -0.2) is 4.98 Å². The van der Waals surface area contributed by atoms with E-state index in [0.29, 0.717) is 13.1 Å². The van der Waals surface area contributed by atoms with Crippen LogP contribution in [-0.2, 0) is 16.1 Å². The highest BCUT2D eigenvalue weighted by Crippen LogP contribution is 2.32. The van der Waals surface area contributed by atoms with Crippen molar-refractivity contribution in [3.63, 3.8) is 0 Å². The molecule has 1 aromatic carbocycles. The summed E-state index contributed by atoms with van der Waals surface area (Å²) in [6.45, 7) is 2.39. The Balaban J connectivity index is 1.86. The molecule has 2 heterocycles. The zero-order valence-electron chi connectivity index (χ0n) is 13.7. The lowest BCUT2D eigenvalue weighted by molar-refractivity contribution is -0.133. The van der Waals surface area contributed by atoms with E-state index in [0.717, 1.165) is 22.7 Å². The predicted octanol–water partition coefficient (Wildman–Crippen LogP) is 1.03. The molecule has 1 aliphatic heterocycles. The van der Waals surface area contributed by atoms with E-state index in [2.05, 4.69) is 15.3 Å². The fraction of sp³-hybridized carbons (Fsp3) is 0.353. The largest absolute Gasteiger partial charge is 0.497 e. The maximum Gasteiger partial charge on any atom is 0.242 e. The summed E-state index contributed by atoms with van der Waals surface area (Å²) in [4.78, 5) is 32.7. The number of fused-ring (bicyclic) bond motifs is 1. The van der Waals surface area contributed by atoms with Crippen LogP contribution in [0.4, 0.5) is 0 Å². The molecule has 0 saturated heterocycles. The minimum absolute atomic E-state index is 0.00361. The summed E-state index contributed by atoms with van der Waals surface area (Å²) >= 11 is 0. The van der Waals surface area contributed by atoms with Crippen molar-refractivity contribution in [3.8, 4) is 5.75 Å². The van der Waals surface area contributed by atoms with Gasteiger partial charge in [-0.15, -0.1) is 0 Å². The van der Waals surface area contributed by atoms with Crippen molar-refractivity contribution in [2.45, 2.75) is 19.4 Å². The van der Waals surface area contributed by atoms with Gasteiger partial charge < -0.3 is 19.9 Å². The zero-order valence-corrected chi connectivity index (χ0v) is 13.7. The number of carbonyl (C=O) groups excluding carboxylic acids is 2. The Morgan fingerprint density at radius 1 is 1.46 bits per heavy atom. The average molecular weight is 328 g/mol. The number of aromatic amines is 1. The van der Waals surface area contributed by atoms with E-state index in [4.69, 9.17) is 4.74 Å². The number of aromatic nitrogens is 2. The van der Waals surface area contributed by atoms with Gasteiger partial charge in [0.25, 0.3) is 0 Å². The van der Waals surface area contributed by atoms with Crippen LogP contribution in [0.5, 0.6) is 5.75 Å². The van der Waals surface area contributed by atoms with Crippen LogP contribution in [0.25, 0.3) is 0 Å². The fourth-order valence-electron chi connectivity index (χ4n) is 2.94. The average Bonchev–Trinajstić information content (AvgIpc) is 3.07. The monoisotopic (exact) mass is 328 g/mol.